The van der Waals surface area contributed by atoms with E-state index >= 15 is 0 Å². The van der Waals surface area contributed by atoms with Gasteiger partial charge in [0.05, 0.1) is 0 Å². The van der Waals surface area contributed by atoms with Gasteiger partial charge in [0.1, 0.15) is 0 Å². The number of carboxylic acid groups (broad SMARTS) is 2. The van der Waals surface area contributed by atoms with Crippen LogP contribution >= 0.6 is 0 Å². The molecule has 0 amide bonds. The van der Waals surface area contributed by atoms with Gasteiger partial charge in [-0.2, -0.15) is 0 Å². The summed E-state index contributed by atoms with van der Waals surface area (Å²) in [5.74, 6) is -1.96. The summed E-state index contributed by atoms with van der Waals surface area (Å²) in [5.41, 5.74) is 0. The van der Waals surface area contributed by atoms with Gasteiger partial charge in [-0.25, -0.2) is 0 Å². The second kappa shape index (κ2) is 43.4. The number of quaternary nitrogens is 4. The molecule has 0 rings (SSSR count). The molecule has 0 saturated carbocycles. The van der Waals surface area contributed by atoms with E-state index in [4.69, 9.17) is 10.2 Å². The quantitative estimate of drug-likeness (QED) is 0.387. The SMILES string of the molecule is CC[O-].CC[O-].O=C([O-])CCCCCCCCCC(=O)[O-].[NH4+].[NH4+].[NH4+].[NH4+]. The molecular weight excluding hydrogens is 332 g/mol. The fraction of sp³-hybridized carbons (Fsp3) is 0.867. The van der Waals surface area contributed by atoms with Gasteiger partial charge in [-0.15, -0.1) is 13.2 Å². The fourth-order valence-corrected chi connectivity index (χ4v) is 1.42. The molecule has 10 heteroatoms. The molecule has 0 heterocycles. The van der Waals surface area contributed by atoms with Crippen molar-refractivity contribution in [3.8, 4) is 0 Å². The summed E-state index contributed by atoms with van der Waals surface area (Å²) in [6, 6.07) is 0. The first kappa shape index (κ1) is 43.8. The van der Waals surface area contributed by atoms with Crippen molar-refractivity contribution >= 4 is 11.9 Å². The van der Waals surface area contributed by atoms with Gasteiger partial charge in [0, 0.05) is 11.9 Å². The Bertz CT molecular complexity index is 212. The Labute approximate surface area is 152 Å². The molecule has 0 aliphatic rings. The lowest BCUT2D eigenvalue weighted by Gasteiger charge is -2.03. The largest absolute Gasteiger partial charge is 0.855 e. The van der Waals surface area contributed by atoms with Crippen LogP contribution in [0.5, 0.6) is 0 Å². The lowest BCUT2D eigenvalue weighted by molar-refractivity contribution is -0.362. The third-order valence-electron chi connectivity index (χ3n) is 2.26. The van der Waals surface area contributed by atoms with E-state index in [-0.39, 0.29) is 50.7 Å². The molecule has 0 unspecified atom stereocenters. The molecule has 0 aliphatic heterocycles. The highest BCUT2D eigenvalue weighted by Gasteiger charge is 1.93. The van der Waals surface area contributed by atoms with Gasteiger partial charge in [0.2, 0.25) is 0 Å². The number of carbonyl (C=O) groups excluding carboxylic acids is 2. The number of unbranched alkanes of at least 4 members (excludes halogenated alkanes) is 6. The summed E-state index contributed by atoms with van der Waals surface area (Å²) in [5, 5.41) is 38.0. The fourth-order valence-electron chi connectivity index (χ4n) is 1.42. The maximum atomic E-state index is 10.1. The molecule has 0 saturated heterocycles. The molecule has 0 spiro atoms. The van der Waals surface area contributed by atoms with Gasteiger partial charge < -0.3 is 54.6 Å². The summed E-state index contributed by atoms with van der Waals surface area (Å²) < 4.78 is 0. The van der Waals surface area contributed by atoms with Crippen LogP contribution in [-0.2, 0) is 9.59 Å². The van der Waals surface area contributed by atoms with Crippen LogP contribution in [0.4, 0.5) is 0 Å². The highest BCUT2D eigenvalue weighted by Crippen LogP contribution is 2.09. The van der Waals surface area contributed by atoms with Crippen LogP contribution in [0.2, 0.25) is 0 Å². The van der Waals surface area contributed by atoms with Gasteiger partial charge in [-0.3, -0.25) is 0 Å². The molecule has 25 heavy (non-hydrogen) atoms. The second-order valence-electron chi connectivity index (χ2n) is 4.30. The molecule has 0 aromatic rings. The Morgan fingerprint density at radius 1 is 0.560 bits per heavy atom. The Morgan fingerprint density at radius 2 is 0.720 bits per heavy atom. The molecule has 160 valence electrons. The number of hydrogen-bond donors (Lipinski definition) is 4. The molecular formula is C15H44N4O6. The van der Waals surface area contributed by atoms with Crippen molar-refractivity contribution in [1.29, 1.82) is 0 Å². The van der Waals surface area contributed by atoms with E-state index in [0.717, 1.165) is 32.1 Å². The van der Waals surface area contributed by atoms with E-state index in [1.807, 2.05) is 0 Å². The van der Waals surface area contributed by atoms with Crippen molar-refractivity contribution < 1.29 is 30.0 Å². The molecule has 0 aromatic heterocycles. The highest BCUT2D eigenvalue weighted by atomic mass is 16.4. The van der Waals surface area contributed by atoms with Crippen LogP contribution in [0, 0.1) is 0 Å². The maximum Gasteiger partial charge on any atom is 0.0414 e. The average molecular weight is 377 g/mol. The van der Waals surface area contributed by atoms with Crippen molar-refractivity contribution in [3.05, 3.63) is 0 Å². The zero-order valence-electron chi connectivity index (χ0n) is 17.2. The Hall–Kier alpha value is -1.30. The molecule has 16 N–H and O–H groups in total. The minimum atomic E-state index is -0.982. The Balaban J connectivity index is -0.0000000569. The third-order valence-corrected chi connectivity index (χ3v) is 2.26. The van der Waals surface area contributed by atoms with Gasteiger partial charge in [0.25, 0.3) is 0 Å². The number of aliphatic carboxylic acids is 2. The third kappa shape index (κ3) is 85.0. The van der Waals surface area contributed by atoms with E-state index in [0.29, 0.717) is 12.8 Å². The normalized spacial score (nSPS) is 7.52. The lowest BCUT2D eigenvalue weighted by Crippen LogP contribution is -2.21. The predicted octanol–water partition coefficient (Wildman–Crippen LogP) is 0.235. The van der Waals surface area contributed by atoms with Crippen molar-refractivity contribution in [2.75, 3.05) is 13.2 Å². The summed E-state index contributed by atoms with van der Waals surface area (Å²) >= 11 is 0. The summed E-state index contributed by atoms with van der Waals surface area (Å²) in [4.78, 5) is 20.1. The second-order valence-corrected chi connectivity index (χ2v) is 4.30. The standard InChI is InChI=1S/C11H20O4.2C2H5O.4H3N/c12-10(13)8-6-4-2-1-3-5-7-9-11(14)15;2*1-2-3;;;;/h1-9H2,(H,12,13)(H,14,15);2*2H2,1H3;4*1H3/q;2*-1;;;;/p+2. The number of rotatable bonds is 10. The zero-order valence-corrected chi connectivity index (χ0v) is 17.2. The predicted molar refractivity (Wildman–Crippen MR) is 96.6 cm³/mol. The topological polar surface area (TPSA) is 272 Å². The van der Waals surface area contributed by atoms with E-state index in [2.05, 4.69) is 0 Å². The van der Waals surface area contributed by atoms with E-state index in [9.17, 15) is 19.8 Å². The van der Waals surface area contributed by atoms with Crippen molar-refractivity contribution in [1.82, 2.24) is 24.6 Å². The summed E-state index contributed by atoms with van der Waals surface area (Å²) in [6.45, 7) is 3.14. The minimum absolute atomic E-state index is 0. The number of carboxylic acids is 2. The molecule has 10 nitrogen and oxygen atoms in total. The van der Waals surface area contributed by atoms with Crippen LogP contribution in [0.3, 0.4) is 0 Å². The van der Waals surface area contributed by atoms with Crippen molar-refractivity contribution in [2.45, 2.75) is 71.6 Å². The molecule has 0 radical (unpaired) electrons. The monoisotopic (exact) mass is 376 g/mol. The van der Waals surface area contributed by atoms with Gasteiger partial charge in [0.15, 0.2) is 0 Å². The molecule has 0 fully saturated rings. The van der Waals surface area contributed by atoms with Gasteiger partial charge >= 0.3 is 0 Å². The summed E-state index contributed by atoms with van der Waals surface area (Å²) in [6.07, 6.45) is 6.54. The van der Waals surface area contributed by atoms with Crippen LogP contribution in [0.1, 0.15) is 71.6 Å². The van der Waals surface area contributed by atoms with E-state index in [1.165, 1.54) is 0 Å². The smallest absolute Gasteiger partial charge is 0.0414 e. The van der Waals surface area contributed by atoms with Crippen molar-refractivity contribution in [2.24, 2.45) is 0 Å². The van der Waals surface area contributed by atoms with Crippen LogP contribution in [0.25, 0.3) is 0 Å². The van der Waals surface area contributed by atoms with E-state index in [1.54, 1.807) is 13.8 Å². The van der Waals surface area contributed by atoms with Crippen LogP contribution < -0.4 is 45.0 Å². The van der Waals surface area contributed by atoms with E-state index < -0.39 is 11.9 Å². The first-order chi connectivity index (χ1) is 9.95. The first-order valence-electron chi connectivity index (χ1n) is 7.52. The van der Waals surface area contributed by atoms with Crippen LogP contribution in [-0.4, -0.2) is 25.2 Å². The molecule has 0 aromatic carbocycles. The Kier molecular flexibility index (Phi) is 76.0. The number of carbonyl (C=O) groups is 2. The van der Waals surface area contributed by atoms with Crippen LogP contribution in [0.15, 0.2) is 0 Å². The van der Waals surface area contributed by atoms with Gasteiger partial charge in [-0.05, 0) is 25.7 Å². The first-order valence-corrected chi connectivity index (χ1v) is 7.52. The molecule has 0 atom stereocenters. The average Bonchev–Trinajstić information content (AvgIpc) is 2.38. The Morgan fingerprint density at radius 3 is 0.880 bits per heavy atom. The maximum absolute atomic E-state index is 10.1. The minimum Gasteiger partial charge on any atom is -0.855 e. The van der Waals surface area contributed by atoms with Crippen molar-refractivity contribution in [3.63, 3.8) is 0 Å². The summed E-state index contributed by atoms with van der Waals surface area (Å²) in [7, 11) is 0. The molecule has 0 aliphatic carbocycles. The van der Waals surface area contributed by atoms with Gasteiger partial charge in [-0.1, -0.05) is 46.0 Å². The highest BCUT2D eigenvalue weighted by molar-refractivity contribution is 5.64. The zero-order chi connectivity index (χ0) is 16.9. The number of hydrogen-bond acceptors (Lipinski definition) is 6. The lowest BCUT2D eigenvalue weighted by atomic mass is 10.1. The molecule has 0 bridgehead atoms.